The third-order valence-electron chi connectivity index (χ3n) is 10.1. The molecule has 0 spiro atoms. The molecular weight excluding hydrogens is 894 g/mol. The molecule has 10 rings (SSSR count). The summed E-state index contributed by atoms with van der Waals surface area (Å²) in [4.78, 5) is 54.8. The van der Waals surface area contributed by atoms with Gasteiger partial charge in [0.05, 0.1) is 44.0 Å². The molecule has 5 heterocycles. The summed E-state index contributed by atoms with van der Waals surface area (Å²) < 4.78 is 6.07. The predicted molar refractivity (Wildman–Crippen MR) is 224 cm³/mol. The maximum absolute atomic E-state index is 11.9. The Hall–Kier alpha value is -6.38. The molecule has 5 aromatic carbocycles. The first-order valence-corrected chi connectivity index (χ1v) is 19.3. The number of fused-ring (bicyclic) bond motifs is 20. The molecule has 8 aromatic rings. The average molecular weight is 919 g/mol. The largest absolute Gasteiger partial charge is 2.00 e. The van der Waals surface area contributed by atoms with E-state index in [0.717, 1.165) is 34.5 Å². The van der Waals surface area contributed by atoms with E-state index in [2.05, 4.69) is 32.9 Å². The van der Waals surface area contributed by atoms with Gasteiger partial charge in [-0.25, -0.2) is 14.6 Å². The zero-order chi connectivity index (χ0) is 41.8. The SMILES string of the molecule is CC(C)(C)c1ccc2c3nc4nc(nc5[n-]c(n[n+]6nc(nc([n-]3)c2c1)-c1ccccc1-6)c1c(Cl)c(Oc2cc(C(=O)O)cc(C(=O)O)c2)c(Cl)c(Cl)c51)-c1ccccc1-4.[Zn+2]. The summed E-state index contributed by atoms with van der Waals surface area (Å²) >= 11 is 21.1. The van der Waals surface area contributed by atoms with Crippen molar-refractivity contribution >= 4 is 90.9 Å². The Balaban J connectivity index is 0.00000476. The van der Waals surface area contributed by atoms with Crippen molar-refractivity contribution in [1.82, 2.24) is 40.1 Å². The molecule has 0 aliphatic carbocycles. The second kappa shape index (κ2) is 14.7. The number of carboxylic acids is 2. The Kier molecular flexibility index (Phi) is 9.63. The summed E-state index contributed by atoms with van der Waals surface area (Å²) in [6, 6.07) is 24.3. The van der Waals surface area contributed by atoms with Gasteiger partial charge in [0, 0.05) is 54.8 Å². The van der Waals surface area contributed by atoms with Gasteiger partial charge in [-0.15, -0.1) is 0 Å². The van der Waals surface area contributed by atoms with Gasteiger partial charge >= 0.3 is 31.4 Å². The Labute approximate surface area is 372 Å². The van der Waals surface area contributed by atoms with Gasteiger partial charge in [-0.3, -0.25) is 0 Å². The van der Waals surface area contributed by atoms with E-state index in [1.165, 1.54) is 4.80 Å². The van der Waals surface area contributed by atoms with E-state index in [9.17, 15) is 19.8 Å². The number of para-hydroxylation sites is 1. The molecule has 294 valence electrons. The zero-order valence-electron chi connectivity index (χ0n) is 32.1. The normalized spacial score (nSPS) is 11.9. The van der Waals surface area contributed by atoms with E-state index >= 15 is 0 Å². The van der Waals surface area contributed by atoms with Gasteiger partial charge in [-0.05, 0) is 52.1 Å². The van der Waals surface area contributed by atoms with Crippen LogP contribution in [-0.2, 0) is 24.9 Å². The number of hydrogen-bond acceptors (Lipinski definition) is 9. The first-order chi connectivity index (χ1) is 28.7. The van der Waals surface area contributed by atoms with Crippen LogP contribution in [0.1, 0.15) is 47.1 Å². The number of hydrogen-bond donors (Lipinski definition) is 2. The van der Waals surface area contributed by atoms with Crippen LogP contribution in [0.15, 0.2) is 84.9 Å². The smallest absolute Gasteiger partial charge is 0.478 e. The van der Waals surface area contributed by atoms with Crippen molar-refractivity contribution in [3.8, 4) is 51.3 Å². The molecule has 2 N–H and O–H groups in total. The monoisotopic (exact) mass is 916 g/mol. The van der Waals surface area contributed by atoms with Crippen molar-refractivity contribution in [3.05, 3.63) is 117 Å². The fraction of sp³-hybridized carbons (Fsp3) is 0.0930. The van der Waals surface area contributed by atoms with Crippen molar-refractivity contribution in [2.24, 2.45) is 0 Å². The van der Waals surface area contributed by atoms with Crippen LogP contribution in [0, 0.1) is 0 Å². The van der Waals surface area contributed by atoms with Crippen molar-refractivity contribution in [1.29, 1.82) is 0 Å². The standard InChI is InChI=1S/C43H26Cl3N9O5.Zn/c1-43(2,3)20-12-13-24-26(17-20)37-49-36(24)48-34-22-8-4-5-9-23(22)35(47-34)51-39-28-29(40(52-39)54-55-27-11-7-6-10-25(27)38(50-37)53-55)31(45)33(32(46)30(28)44)60-21-15-18(41(56)57)14-19(16-21)42(58)59;/h4-17H,1-3H3,(H3,47,48,49,50,51,52,53,54,56,57,58,59);/q;+2/p-1. The summed E-state index contributed by atoms with van der Waals surface area (Å²) in [5, 5.41) is 30.6. The molecule has 0 unspecified atom stereocenters. The zero-order valence-corrected chi connectivity index (χ0v) is 37.3. The number of carbonyl (C=O) groups is 2. The van der Waals surface area contributed by atoms with Gasteiger partial charge in [0.1, 0.15) is 10.8 Å². The quantitative estimate of drug-likeness (QED) is 0.0965. The Bertz CT molecular complexity index is 3390. The molecule has 8 bridgehead atoms. The maximum Gasteiger partial charge on any atom is 2.00 e. The Morgan fingerprint density at radius 3 is 1.85 bits per heavy atom. The van der Waals surface area contributed by atoms with Crippen LogP contribution in [0.5, 0.6) is 11.5 Å². The average Bonchev–Trinajstić information content (AvgIpc) is 3.96. The molecule has 18 heteroatoms. The minimum Gasteiger partial charge on any atom is -0.478 e. The van der Waals surface area contributed by atoms with E-state index in [1.807, 2.05) is 54.6 Å². The van der Waals surface area contributed by atoms with Crippen LogP contribution in [-0.4, -0.2) is 52.3 Å². The fourth-order valence-electron chi connectivity index (χ4n) is 7.17. The van der Waals surface area contributed by atoms with Crippen molar-refractivity contribution in [2.45, 2.75) is 26.2 Å². The van der Waals surface area contributed by atoms with Crippen LogP contribution in [0.2, 0.25) is 15.1 Å². The van der Waals surface area contributed by atoms with Crippen LogP contribution < -0.4 is 19.5 Å². The third-order valence-corrected chi connectivity index (χ3v) is 11.3. The minimum absolute atomic E-state index is 0. The number of ether oxygens (including phenoxy) is 1. The van der Waals surface area contributed by atoms with Gasteiger partial charge in [-0.2, -0.15) is 0 Å². The van der Waals surface area contributed by atoms with Gasteiger partial charge in [0.2, 0.25) is 0 Å². The second-order valence-electron chi connectivity index (χ2n) is 15.0. The summed E-state index contributed by atoms with van der Waals surface area (Å²) in [6.07, 6.45) is 0. The Morgan fingerprint density at radius 2 is 1.20 bits per heavy atom. The third kappa shape index (κ3) is 6.65. The molecular formula is C43H25Cl3N9O5Zn+. The van der Waals surface area contributed by atoms with E-state index in [-0.39, 0.29) is 90.5 Å². The molecule has 2 aliphatic heterocycles. The number of rotatable bonds is 4. The molecule has 61 heavy (non-hydrogen) atoms. The number of benzene rings is 5. The predicted octanol–water partition coefficient (Wildman–Crippen LogP) is 9.18. The van der Waals surface area contributed by atoms with E-state index in [0.29, 0.717) is 45.3 Å². The topological polar surface area (TPSA) is 193 Å². The van der Waals surface area contributed by atoms with Crippen LogP contribution >= 0.6 is 34.8 Å². The first-order valence-electron chi connectivity index (χ1n) is 18.2. The van der Waals surface area contributed by atoms with E-state index in [1.54, 1.807) is 0 Å². The first kappa shape index (κ1) is 40.1. The number of carboxylic acid groups (broad SMARTS) is 2. The van der Waals surface area contributed by atoms with Crippen molar-refractivity contribution in [3.63, 3.8) is 0 Å². The number of aromatic carboxylic acids is 2. The Morgan fingerprint density at radius 1 is 0.623 bits per heavy atom. The van der Waals surface area contributed by atoms with Crippen LogP contribution in [0.4, 0.5) is 0 Å². The van der Waals surface area contributed by atoms with Crippen molar-refractivity contribution in [2.75, 3.05) is 0 Å². The number of nitrogens with zero attached hydrogens (tertiary/aromatic N) is 9. The minimum atomic E-state index is -1.38. The van der Waals surface area contributed by atoms with E-state index < -0.39 is 11.9 Å². The maximum atomic E-state index is 11.9. The summed E-state index contributed by atoms with van der Waals surface area (Å²) in [6.45, 7) is 6.41. The summed E-state index contributed by atoms with van der Waals surface area (Å²) in [5.41, 5.74) is 3.70. The molecule has 2 aliphatic rings. The molecule has 0 saturated carbocycles. The molecule has 0 fully saturated rings. The number of halogens is 3. The van der Waals surface area contributed by atoms with E-state index in [4.69, 9.17) is 79.6 Å². The molecule has 0 amide bonds. The van der Waals surface area contributed by atoms with Gasteiger partial charge in [-0.1, -0.05) is 109 Å². The molecule has 3 aromatic heterocycles. The van der Waals surface area contributed by atoms with Crippen molar-refractivity contribution < 1.29 is 48.8 Å². The molecule has 0 atom stereocenters. The molecule has 14 nitrogen and oxygen atoms in total. The van der Waals surface area contributed by atoms with Crippen LogP contribution in [0.3, 0.4) is 0 Å². The summed E-state index contributed by atoms with van der Waals surface area (Å²) in [5.74, 6) is -2.21. The number of aromatic nitrogens is 9. The second-order valence-corrected chi connectivity index (χ2v) is 16.1. The van der Waals surface area contributed by atoms with Crippen LogP contribution in [0.25, 0.3) is 84.0 Å². The summed E-state index contributed by atoms with van der Waals surface area (Å²) in [7, 11) is 0. The fourth-order valence-corrected chi connectivity index (χ4v) is 8.02. The molecule has 0 radical (unpaired) electrons. The molecule has 0 saturated heterocycles. The van der Waals surface area contributed by atoms with Gasteiger partial charge < -0.3 is 39.9 Å². The van der Waals surface area contributed by atoms with Gasteiger partial charge in [0.15, 0.2) is 11.6 Å². The van der Waals surface area contributed by atoms with Gasteiger partial charge in [0.25, 0.3) is 5.69 Å².